The van der Waals surface area contributed by atoms with Gasteiger partial charge >= 0.3 is 6.09 Å². The van der Waals surface area contributed by atoms with Crippen LogP contribution in [0.1, 0.15) is 23.3 Å². The third kappa shape index (κ3) is 4.11. The predicted octanol–water partition coefficient (Wildman–Crippen LogP) is 3.56. The third-order valence-electron chi connectivity index (χ3n) is 4.07. The molecule has 1 unspecified atom stereocenters. The maximum absolute atomic E-state index is 12.5. The number of halogens is 1. The number of carbonyl (C=O) groups is 2. The summed E-state index contributed by atoms with van der Waals surface area (Å²) in [6, 6.07) is 7.13. The van der Waals surface area contributed by atoms with Crippen molar-refractivity contribution in [2.45, 2.75) is 25.3 Å². The van der Waals surface area contributed by atoms with Crippen LogP contribution in [0.3, 0.4) is 0 Å². The lowest BCUT2D eigenvalue weighted by Gasteiger charge is -2.21. The number of aromatic nitrogens is 1. The van der Waals surface area contributed by atoms with Crippen LogP contribution in [0.4, 0.5) is 9.93 Å². The van der Waals surface area contributed by atoms with Crippen molar-refractivity contribution in [3.05, 3.63) is 45.9 Å². The number of methoxy groups -OCH3 is 1. The van der Waals surface area contributed by atoms with E-state index in [1.165, 1.54) is 23.3 Å². The quantitative estimate of drug-likeness (QED) is 0.881. The Labute approximate surface area is 154 Å². The van der Waals surface area contributed by atoms with E-state index in [1.807, 2.05) is 24.3 Å². The van der Waals surface area contributed by atoms with Gasteiger partial charge < -0.3 is 10.1 Å². The second kappa shape index (κ2) is 7.84. The number of thiazole rings is 1. The van der Waals surface area contributed by atoms with E-state index < -0.39 is 12.1 Å². The molecule has 1 aromatic carbocycles. The normalized spacial score (nSPS) is 16.7. The van der Waals surface area contributed by atoms with Gasteiger partial charge in [0.15, 0.2) is 5.13 Å². The average Bonchev–Trinajstić information content (AvgIpc) is 3.25. The summed E-state index contributed by atoms with van der Waals surface area (Å²) < 4.78 is 4.73. The van der Waals surface area contributed by atoms with Crippen LogP contribution < -0.4 is 5.32 Å². The number of rotatable bonds is 4. The van der Waals surface area contributed by atoms with Crippen LogP contribution in [0.25, 0.3) is 0 Å². The van der Waals surface area contributed by atoms with E-state index in [2.05, 4.69) is 10.3 Å². The van der Waals surface area contributed by atoms with Crippen molar-refractivity contribution in [2.75, 3.05) is 19.0 Å². The van der Waals surface area contributed by atoms with Gasteiger partial charge in [-0.2, -0.15) is 0 Å². The molecule has 0 radical (unpaired) electrons. The van der Waals surface area contributed by atoms with Gasteiger partial charge in [0.2, 0.25) is 5.91 Å². The van der Waals surface area contributed by atoms with Crippen LogP contribution in [0.5, 0.6) is 0 Å². The molecule has 2 aromatic rings. The summed E-state index contributed by atoms with van der Waals surface area (Å²) in [5.41, 5.74) is 1.01. The van der Waals surface area contributed by atoms with Gasteiger partial charge in [0.05, 0.1) is 7.11 Å². The Hall–Kier alpha value is -2.12. The molecular formula is C17H18ClN3O3S. The lowest BCUT2D eigenvalue weighted by Crippen LogP contribution is -2.43. The minimum absolute atomic E-state index is 0.235. The number of benzene rings is 1. The monoisotopic (exact) mass is 379 g/mol. The summed E-state index contributed by atoms with van der Waals surface area (Å²) in [6.07, 6.45) is 3.32. The first-order valence-corrected chi connectivity index (χ1v) is 9.11. The van der Waals surface area contributed by atoms with Crippen molar-refractivity contribution < 1.29 is 14.3 Å². The first kappa shape index (κ1) is 17.7. The summed E-state index contributed by atoms with van der Waals surface area (Å²) in [5, 5.41) is 4.03. The number of carbonyl (C=O) groups excluding carboxylic acids is 2. The number of hydrogen-bond donors (Lipinski definition) is 1. The van der Waals surface area contributed by atoms with E-state index in [0.29, 0.717) is 29.5 Å². The fraction of sp³-hybridized carbons (Fsp3) is 0.353. The van der Waals surface area contributed by atoms with Crippen LogP contribution in [-0.2, 0) is 16.0 Å². The number of nitrogens with zero attached hydrogens (tertiary/aromatic N) is 2. The Morgan fingerprint density at radius 2 is 2.24 bits per heavy atom. The second-order valence-corrected chi connectivity index (χ2v) is 7.23. The van der Waals surface area contributed by atoms with Crippen molar-refractivity contribution >= 4 is 40.1 Å². The fourth-order valence-corrected chi connectivity index (χ4v) is 3.88. The zero-order chi connectivity index (χ0) is 17.8. The molecule has 6 nitrogen and oxygen atoms in total. The number of ether oxygens (including phenoxy) is 1. The Bertz CT molecular complexity index is 780. The number of anilines is 1. The number of amides is 2. The molecule has 1 aliphatic heterocycles. The first-order chi connectivity index (χ1) is 12.1. The van der Waals surface area contributed by atoms with Crippen molar-refractivity contribution in [3.8, 4) is 0 Å². The molecule has 0 spiro atoms. The summed E-state index contributed by atoms with van der Waals surface area (Å²) in [5.74, 6) is -0.235. The minimum atomic E-state index is -0.511. The molecule has 132 valence electrons. The topological polar surface area (TPSA) is 71.5 Å². The predicted molar refractivity (Wildman–Crippen MR) is 97.1 cm³/mol. The fourth-order valence-electron chi connectivity index (χ4n) is 2.84. The molecule has 1 saturated heterocycles. The molecular weight excluding hydrogens is 362 g/mol. The van der Waals surface area contributed by atoms with Crippen LogP contribution in [0, 0.1) is 0 Å². The Morgan fingerprint density at radius 1 is 1.44 bits per heavy atom. The molecule has 0 bridgehead atoms. The van der Waals surface area contributed by atoms with E-state index in [1.54, 1.807) is 6.20 Å². The molecule has 1 atom stereocenters. The number of hydrogen-bond acceptors (Lipinski definition) is 5. The van der Waals surface area contributed by atoms with Crippen LogP contribution >= 0.6 is 22.9 Å². The second-order valence-electron chi connectivity index (χ2n) is 5.71. The smallest absolute Gasteiger partial charge is 0.410 e. The summed E-state index contributed by atoms with van der Waals surface area (Å²) in [6.45, 7) is 0.528. The molecule has 1 fully saturated rings. The van der Waals surface area contributed by atoms with Gasteiger partial charge in [0.25, 0.3) is 0 Å². The molecule has 2 heterocycles. The zero-order valence-electron chi connectivity index (χ0n) is 13.7. The highest BCUT2D eigenvalue weighted by Crippen LogP contribution is 2.26. The third-order valence-corrected chi connectivity index (χ3v) is 5.35. The van der Waals surface area contributed by atoms with Gasteiger partial charge in [0, 0.05) is 29.1 Å². The minimum Gasteiger partial charge on any atom is -0.453 e. The molecule has 2 amide bonds. The highest BCUT2D eigenvalue weighted by atomic mass is 35.5. The van der Waals surface area contributed by atoms with Gasteiger partial charge in [-0.3, -0.25) is 9.69 Å². The van der Waals surface area contributed by atoms with Gasteiger partial charge in [0.1, 0.15) is 6.04 Å². The molecule has 8 heteroatoms. The van der Waals surface area contributed by atoms with Gasteiger partial charge in [-0.15, -0.1) is 11.3 Å². The Kier molecular flexibility index (Phi) is 5.55. The molecule has 3 rings (SSSR count). The lowest BCUT2D eigenvalue weighted by molar-refractivity contribution is -0.119. The van der Waals surface area contributed by atoms with E-state index in [4.69, 9.17) is 16.3 Å². The molecule has 1 aliphatic rings. The lowest BCUT2D eigenvalue weighted by atomic mass is 10.1. The molecule has 25 heavy (non-hydrogen) atoms. The standard InChI is InChI=1S/C17H18ClN3O3S/c1-24-17(23)21-8-4-7-14(21)15(22)20-16-19-10-12(25-16)9-11-5-2-3-6-13(11)18/h2-3,5-6,10,14H,4,7-9H2,1H3,(H,19,20,22). The van der Waals surface area contributed by atoms with Crippen LogP contribution in [0.2, 0.25) is 5.02 Å². The van der Waals surface area contributed by atoms with Crippen LogP contribution in [0.15, 0.2) is 30.5 Å². The van der Waals surface area contributed by atoms with E-state index >= 15 is 0 Å². The molecule has 0 aliphatic carbocycles. The highest BCUT2D eigenvalue weighted by Gasteiger charge is 2.35. The average molecular weight is 380 g/mol. The van der Waals surface area contributed by atoms with Crippen molar-refractivity contribution in [1.29, 1.82) is 0 Å². The number of likely N-dealkylation sites (tertiary alicyclic amines) is 1. The van der Waals surface area contributed by atoms with Crippen molar-refractivity contribution in [3.63, 3.8) is 0 Å². The summed E-state index contributed by atoms with van der Waals surface area (Å²) >= 11 is 7.58. The van der Waals surface area contributed by atoms with Crippen molar-refractivity contribution in [1.82, 2.24) is 9.88 Å². The first-order valence-electron chi connectivity index (χ1n) is 7.92. The maximum Gasteiger partial charge on any atom is 0.410 e. The summed E-state index contributed by atoms with van der Waals surface area (Å²) in [7, 11) is 1.32. The van der Waals surface area contributed by atoms with Crippen molar-refractivity contribution in [2.24, 2.45) is 0 Å². The number of nitrogens with one attached hydrogen (secondary N) is 1. The molecule has 1 aromatic heterocycles. The zero-order valence-corrected chi connectivity index (χ0v) is 15.3. The molecule has 0 saturated carbocycles. The van der Waals surface area contributed by atoms with Gasteiger partial charge in [-0.25, -0.2) is 9.78 Å². The van der Waals surface area contributed by atoms with E-state index in [0.717, 1.165) is 16.9 Å². The van der Waals surface area contributed by atoms with Crippen LogP contribution in [-0.4, -0.2) is 41.6 Å². The van der Waals surface area contributed by atoms with Gasteiger partial charge in [-0.1, -0.05) is 29.8 Å². The Morgan fingerprint density at radius 3 is 3.00 bits per heavy atom. The van der Waals surface area contributed by atoms with E-state index in [-0.39, 0.29) is 5.91 Å². The maximum atomic E-state index is 12.5. The largest absolute Gasteiger partial charge is 0.453 e. The summed E-state index contributed by atoms with van der Waals surface area (Å²) in [4.78, 5) is 30.9. The highest BCUT2D eigenvalue weighted by molar-refractivity contribution is 7.15. The van der Waals surface area contributed by atoms with E-state index in [9.17, 15) is 9.59 Å². The SMILES string of the molecule is COC(=O)N1CCCC1C(=O)Nc1ncc(Cc2ccccc2Cl)s1. The Balaban J connectivity index is 1.64. The van der Waals surface area contributed by atoms with Gasteiger partial charge in [-0.05, 0) is 24.5 Å². The molecule has 1 N–H and O–H groups in total.